The number of benzene rings is 1. The second kappa shape index (κ2) is 7.13. The molecule has 4 N–H and O–H groups in total. The topological polar surface area (TPSA) is 127 Å². The van der Waals surface area contributed by atoms with Crippen molar-refractivity contribution in [1.82, 2.24) is 0 Å². The van der Waals surface area contributed by atoms with Gasteiger partial charge in [-0.25, -0.2) is 4.57 Å². The summed E-state index contributed by atoms with van der Waals surface area (Å²) in [4.78, 5) is 31.0. The maximum absolute atomic E-state index is 12.9. The molecule has 1 aliphatic rings. The number of phenols is 1. The minimum Gasteiger partial charge on any atom is -0.508 e. The van der Waals surface area contributed by atoms with E-state index < -0.39 is 19.4 Å². The van der Waals surface area contributed by atoms with E-state index in [9.17, 15) is 19.6 Å². The highest BCUT2D eigenvalue weighted by Crippen LogP contribution is 2.39. The van der Waals surface area contributed by atoms with E-state index in [1.165, 1.54) is 18.2 Å². The molecule has 0 aromatic heterocycles. The summed E-state index contributed by atoms with van der Waals surface area (Å²) in [5.41, 5.74) is 0.478. The SMILES string of the molecule is CCC(C(=O)C1=CC(O)=CCC1=NP(=O)(O)O)c1cccc(O)c1. The molecule has 0 bridgehead atoms. The van der Waals surface area contributed by atoms with Gasteiger partial charge in [0.2, 0.25) is 0 Å². The van der Waals surface area contributed by atoms with Crippen molar-refractivity contribution in [2.24, 2.45) is 4.76 Å². The number of hydrogen-bond donors (Lipinski definition) is 4. The molecule has 0 fully saturated rings. The van der Waals surface area contributed by atoms with Crippen LogP contribution in [0.25, 0.3) is 0 Å². The van der Waals surface area contributed by atoms with Gasteiger partial charge in [-0.3, -0.25) is 4.79 Å². The first-order valence-electron chi connectivity index (χ1n) is 7.30. The van der Waals surface area contributed by atoms with Crippen LogP contribution in [0.2, 0.25) is 0 Å². The van der Waals surface area contributed by atoms with Crippen molar-refractivity contribution in [2.45, 2.75) is 25.7 Å². The number of hydrogen-bond acceptors (Lipinski definition) is 4. The Bertz CT molecular complexity index is 790. The molecule has 128 valence electrons. The number of rotatable bonds is 5. The second-order valence-corrected chi connectivity index (χ2v) is 6.60. The Kier molecular flexibility index (Phi) is 5.39. The molecule has 0 saturated carbocycles. The van der Waals surface area contributed by atoms with Crippen LogP contribution in [0.15, 0.2) is 52.5 Å². The van der Waals surface area contributed by atoms with Gasteiger partial charge in [-0.15, -0.1) is 0 Å². The monoisotopic (exact) mass is 351 g/mol. The number of ketones is 1. The fourth-order valence-electron chi connectivity index (χ4n) is 2.57. The molecule has 0 radical (unpaired) electrons. The number of aromatic hydroxyl groups is 1. The minimum absolute atomic E-state index is 0.0169. The Morgan fingerprint density at radius 1 is 1.33 bits per heavy atom. The van der Waals surface area contributed by atoms with Gasteiger partial charge < -0.3 is 20.0 Å². The lowest BCUT2D eigenvalue weighted by molar-refractivity contribution is -0.116. The van der Waals surface area contributed by atoms with Crippen molar-refractivity contribution in [3.63, 3.8) is 0 Å². The van der Waals surface area contributed by atoms with Crippen molar-refractivity contribution < 1.29 is 29.4 Å². The van der Waals surface area contributed by atoms with Crippen molar-refractivity contribution in [1.29, 1.82) is 0 Å². The third-order valence-corrected chi connectivity index (χ3v) is 4.12. The van der Waals surface area contributed by atoms with Crippen LogP contribution in [0.5, 0.6) is 5.75 Å². The summed E-state index contributed by atoms with van der Waals surface area (Å²) in [5, 5.41) is 19.3. The molecule has 24 heavy (non-hydrogen) atoms. The Labute approximate surface area is 138 Å². The predicted molar refractivity (Wildman–Crippen MR) is 89.0 cm³/mol. The Morgan fingerprint density at radius 2 is 2.04 bits per heavy atom. The molecule has 0 amide bonds. The number of allylic oxidation sites excluding steroid dienone is 3. The van der Waals surface area contributed by atoms with E-state index in [-0.39, 0.29) is 29.2 Å². The van der Waals surface area contributed by atoms with Crippen molar-refractivity contribution >= 4 is 19.2 Å². The van der Waals surface area contributed by atoms with Gasteiger partial charge in [0.05, 0.1) is 5.71 Å². The number of aliphatic hydroxyl groups is 1. The average Bonchev–Trinajstić information content (AvgIpc) is 2.48. The zero-order valence-corrected chi connectivity index (χ0v) is 13.8. The molecule has 0 spiro atoms. The van der Waals surface area contributed by atoms with Gasteiger partial charge in [0.15, 0.2) is 5.78 Å². The Balaban J connectivity index is 2.45. The Hall–Kier alpha value is -2.21. The van der Waals surface area contributed by atoms with Gasteiger partial charge >= 0.3 is 7.75 Å². The summed E-state index contributed by atoms with van der Waals surface area (Å²) in [6.45, 7) is 1.78. The largest absolute Gasteiger partial charge is 0.508 e. The molecule has 0 heterocycles. The molecule has 2 rings (SSSR count). The maximum Gasteiger partial charge on any atom is 0.448 e. The van der Waals surface area contributed by atoms with Gasteiger partial charge in [-0.2, -0.15) is 4.76 Å². The lowest BCUT2D eigenvalue weighted by Gasteiger charge is -2.19. The molecule has 1 aliphatic carbocycles. The van der Waals surface area contributed by atoms with E-state index in [0.29, 0.717) is 12.0 Å². The van der Waals surface area contributed by atoms with Gasteiger partial charge in [-0.1, -0.05) is 19.1 Å². The predicted octanol–water partition coefficient (Wildman–Crippen LogP) is 2.76. The summed E-state index contributed by atoms with van der Waals surface area (Å²) in [6, 6.07) is 6.24. The molecule has 0 saturated heterocycles. The number of phenolic OH excluding ortho intramolecular Hbond substituents is 1. The van der Waals surface area contributed by atoms with Gasteiger partial charge in [0.1, 0.15) is 11.5 Å². The highest BCUT2D eigenvalue weighted by Gasteiger charge is 2.28. The van der Waals surface area contributed by atoms with Gasteiger partial charge in [0.25, 0.3) is 0 Å². The molecule has 1 aromatic carbocycles. The number of nitrogens with zero attached hydrogens (tertiary/aromatic N) is 1. The van der Waals surface area contributed by atoms with Crippen molar-refractivity contribution in [3.8, 4) is 5.75 Å². The highest BCUT2D eigenvalue weighted by molar-refractivity contribution is 7.50. The van der Waals surface area contributed by atoms with E-state index in [0.717, 1.165) is 6.08 Å². The van der Waals surface area contributed by atoms with Crippen LogP contribution >= 0.6 is 7.75 Å². The first-order valence-corrected chi connectivity index (χ1v) is 8.86. The average molecular weight is 351 g/mol. The molecular weight excluding hydrogens is 333 g/mol. The minimum atomic E-state index is -4.71. The first-order chi connectivity index (χ1) is 11.2. The van der Waals surface area contributed by atoms with E-state index in [1.54, 1.807) is 19.1 Å². The number of carbonyl (C=O) groups excluding carboxylic acids is 1. The van der Waals surface area contributed by atoms with Crippen LogP contribution in [0, 0.1) is 0 Å². The van der Waals surface area contributed by atoms with E-state index in [4.69, 9.17) is 9.79 Å². The molecule has 8 heteroatoms. The standard InChI is InChI=1S/C16H18NO6P/c1-2-13(10-4-3-5-11(18)8-10)16(20)14-9-12(19)6-7-15(14)17-24(21,22)23/h3-6,8-9,13,18-19H,2,7H2,1H3,(H2,21,22,23). The van der Waals surface area contributed by atoms with Gasteiger partial charge in [-0.05, 0) is 36.3 Å². The lowest BCUT2D eigenvalue weighted by Crippen LogP contribution is -2.22. The summed E-state index contributed by atoms with van der Waals surface area (Å²) in [6.07, 6.45) is 2.84. The molecule has 7 nitrogen and oxygen atoms in total. The highest BCUT2D eigenvalue weighted by atomic mass is 31.2. The van der Waals surface area contributed by atoms with Gasteiger partial charge in [0, 0.05) is 17.9 Å². The van der Waals surface area contributed by atoms with Crippen LogP contribution in [0.1, 0.15) is 31.2 Å². The first kappa shape index (κ1) is 18.1. The fourth-order valence-corrected chi connectivity index (χ4v) is 3.07. The zero-order chi connectivity index (χ0) is 17.9. The number of carbonyl (C=O) groups is 1. The van der Waals surface area contributed by atoms with E-state index in [1.807, 2.05) is 0 Å². The molecular formula is C16H18NO6P. The smallest absolute Gasteiger partial charge is 0.448 e. The quantitative estimate of drug-likeness (QED) is 0.604. The number of Topliss-reactive ketones (excluding diaryl/α,β-unsaturated/α-hetero) is 1. The van der Waals surface area contributed by atoms with Crippen LogP contribution in [-0.4, -0.2) is 31.5 Å². The second-order valence-electron chi connectivity index (χ2n) is 5.37. The van der Waals surface area contributed by atoms with Crippen molar-refractivity contribution in [2.75, 3.05) is 0 Å². The van der Waals surface area contributed by atoms with Crippen LogP contribution in [0.4, 0.5) is 0 Å². The maximum atomic E-state index is 12.9. The fraction of sp³-hybridized carbons (Fsp3) is 0.250. The third kappa shape index (κ3) is 4.41. The molecule has 1 aromatic rings. The van der Waals surface area contributed by atoms with Crippen LogP contribution in [-0.2, 0) is 9.36 Å². The molecule has 1 atom stereocenters. The summed E-state index contributed by atoms with van der Waals surface area (Å²) in [5.74, 6) is -1.19. The van der Waals surface area contributed by atoms with E-state index in [2.05, 4.69) is 4.76 Å². The number of aliphatic hydroxyl groups excluding tert-OH is 1. The summed E-state index contributed by atoms with van der Waals surface area (Å²) >= 11 is 0. The Morgan fingerprint density at radius 3 is 2.62 bits per heavy atom. The molecule has 1 unspecified atom stereocenters. The van der Waals surface area contributed by atoms with Crippen molar-refractivity contribution in [3.05, 3.63) is 53.3 Å². The third-order valence-electron chi connectivity index (χ3n) is 3.62. The zero-order valence-electron chi connectivity index (χ0n) is 13.0. The van der Waals surface area contributed by atoms with Crippen LogP contribution in [0.3, 0.4) is 0 Å². The van der Waals surface area contributed by atoms with Crippen LogP contribution < -0.4 is 0 Å². The lowest BCUT2D eigenvalue weighted by atomic mass is 9.84. The normalized spacial score (nSPS) is 18.0. The summed E-state index contributed by atoms with van der Waals surface area (Å²) in [7, 11) is -4.71. The molecule has 0 aliphatic heterocycles. The van der Waals surface area contributed by atoms with E-state index >= 15 is 0 Å². The summed E-state index contributed by atoms with van der Waals surface area (Å²) < 4.78 is 14.5.